The molecule has 1 aliphatic heterocycles. The molecule has 0 bridgehead atoms. The van der Waals surface area contributed by atoms with Gasteiger partial charge in [0, 0.05) is 44.6 Å². The number of ketones is 1. The summed E-state index contributed by atoms with van der Waals surface area (Å²) < 4.78 is 25.7. The Hall–Kier alpha value is -4.30. The van der Waals surface area contributed by atoms with Gasteiger partial charge in [-0.3, -0.25) is 4.79 Å². The molecule has 7 nitrogen and oxygen atoms in total. The van der Waals surface area contributed by atoms with Gasteiger partial charge < -0.3 is 23.2 Å². The summed E-state index contributed by atoms with van der Waals surface area (Å²) in [6.07, 6.45) is 3.73. The Morgan fingerprint density at radius 1 is 1.11 bits per heavy atom. The summed E-state index contributed by atoms with van der Waals surface area (Å²) in [5.41, 5.74) is 3.42. The lowest BCUT2D eigenvalue weighted by Crippen LogP contribution is -2.08. The number of hydrogen-bond donors (Lipinski definition) is 0. The van der Waals surface area contributed by atoms with Gasteiger partial charge in [0.05, 0.1) is 12.7 Å². The highest BCUT2D eigenvalue weighted by Gasteiger charge is 2.31. The lowest BCUT2D eigenvalue weighted by Gasteiger charge is -2.09. The van der Waals surface area contributed by atoms with Crippen LogP contribution in [0.25, 0.3) is 27.9 Å². The van der Waals surface area contributed by atoms with Crippen molar-refractivity contribution in [2.75, 3.05) is 7.11 Å². The summed E-state index contributed by atoms with van der Waals surface area (Å²) in [6, 6.07) is 16.2. The van der Waals surface area contributed by atoms with Crippen molar-refractivity contribution in [1.29, 1.82) is 0 Å². The van der Waals surface area contributed by atoms with Gasteiger partial charge in [-0.05, 0) is 74.5 Å². The van der Waals surface area contributed by atoms with Crippen molar-refractivity contribution >= 4 is 55.6 Å². The number of methoxy groups -OCH3 is 1. The van der Waals surface area contributed by atoms with Crippen LogP contribution < -0.4 is 14.2 Å². The van der Waals surface area contributed by atoms with Gasteiger partial charge >= 0.3 is 5.97 Å². The van der Waals surface area contributed by atoms with Crippen LogP contribution >= 0.6 is 15.9 Å². The molecule has 0 unspecified atom stereocenters. The number of benzene rings is 3. The molecule has 0 N–H and O–H groups in total. The molecule has 0 fully saturated rings. The Morgan fingerprint density at radius 2 is 1.95 bits per heavy atom. The van der Waals surface area contributed by atoms with Gasteiger partial charge in [-0.15, -0.1) is 0 Å². The zero-order valence-corrected chi connectivity index (χ0v) is 22.4. The SMILES string of the molecule is CCn1cc(/C=C2\Oc3c(ccc(OC(=O)c4cc5cc(Br)ccc5o4)c3C)C2=O)c2cc(OC)ccc21. The number of furan rings is 1. The maximum Gasteiger partial charge on any atom is 0.379 e. The fraction of sp³-hybridized carbons (Fsp3) is 0.133. The third kappa shape index (κ3) is 3.97. The van der Waals surface area contributed by atoms with Crippen LogP contribution in [0.4, 0.5) is 0 Å². The number of Topliss-reactive ketones (excluding diaryl/α,β-unsaturated/α-hetero) is 1. The number of carbonyl (C=O) groups is 2. The molecule has 5 aromatic rings. The molecule has 0 spiro atoms. The Balaban J connectivity index is 1.31. The highest BCUT2D eigenvalue weighted by Crippen LogP contribution is 2.40. The molecule has 6 rings (SSSR count). The Labute approximate surface area is 226 Å². The van der Waals surface area contributed by atoms with Crippen molar-refractivity contribution in [2.24, 2.45) is 0 Å². The van der Waals surface area contributed by atoms with Gasteiger partial charge in [-0.1, -0.05) is 15.9 Å². The standard InChI is InChI=1S/C30H22BrNO6/c1-4-32-15-18(22-14-20(35-3)6-8-23(22)32)13-26-28(33)21-7-10-24(16(2)29(21)37-26)38-30(34)27-12-17-11-19(31)5-9-25(17)36-27/h5-15H,4H2,1-3H3/b26-13-. The lowest BCUT2D eigenvalue weighted by atomic mass is 10.1. The van der Waals surface area contributed by atoms with Gasteiger partial charge in [0.1, 0.15) is 22.8 Å². The van der Waals surface area contributed by atoms with E-state index in [1.165, 1.54) is 0 Å². The van der Waals surface area contributed by atoms with Crippen LogP contribution in [0.15, 0.2) is 75.4 Å². The number of esters is 1. The number of nitrogens with zero attached hydrogens (tertiary/aromatic N) is 1. The number of hydrogen-bond acceptors (Lipinski definition) is 6. The van der Waals surface area contributed by atoms with Gasteiger partial charge in [0.15, 0.2) is 5.76 Å². The second-order valence-corrected chi connectivity index (χ2v) is 9.86. The molecule has 190 valence electrons. The molecule has 3 heterocycles. The summed E-state index contributed by atoms with van der Waals surface area (Å²) in [5, 5.41) is 1.73. The molecule has 3 aromatic carbocycles. The summed E-state index contributed by atoms with van der Waals surface area (Å²) in [7, 11) is 1.62. The topological polar surface area (TPSA) is 79.9 Å². The van der Waals surface area contributed by atoms with E-state index < -0.39 is 5.97 Å². The Bertz CT molecular complexity index is 1810. The molecule has 2 aromatic heterocycles. The zero-order chi connectivity index (χ0) is 26.6. The van der Waals surface area contributed by atoms with Gasteiger partial charge in [-0.2, -0.15) is 0 Å². The molecule has 0 saturated heterocycles. The second kappa shape index (κ2) is 9.22. The van der Waals surface area contributed by atoms with Crippen molar-refractivity contribution < 1.29 is 28.2 Å². The fourth-order valence-corrected chi connectivity index (χ4v) is 5.07. The van der Waals surface area contributed by atoms with Crippen LogP contribution in [0.3, 0.4) is 0 Å². The van der Waals surface area contributed by atoms with Crippen molar-refractivity contribution in [3.63, 3.8) is 0 Å². The monoisotopic (exact) mass is 571 g/mol. The number of aromatic nitrogens is 1. The number of ether oxygens (including phenoxy) is 3. The normalized spacial score (nSPS) is 13.8. The lowest BCUT2D eigenvalue weighted by molar-refractivity contribution is 0.0702. The third-order valence-corrected chi connectivity index (χ3v) is 7.16. The summed E-state index contributed by atoms with van der Waals surface area (Å²) in [4.78, 5) is 26.1. The second-order valence-electron chi connectivity index (χ2n) is 8.94. The third-order valence-electron chi connectivity index (χ3n) is 6.67. The Kier molecular flexibility index (Phi) is 5.84. The largest absolute Gasteiger partial charge is 0.497 e. The molecule has 0 aliphatic carbocycles. The van der Waals surface area contributed by atoms with Gasteiger partial charge in [0.2, 0.25) is 11.5 Å². The van der Waals surface area contributed by atoms with Gasteiger partial charge in [-0.25, -0.2) is 4.79 Å². The average Bonchev–Trinajstić information content (AvgIpc) is 3.59. The van der Waals surface area contributed by atoms with E-state index in [0.29, 0.717) is 22.5 Å². The average molecular weight is 572 g/mol. The number of fused-ring (bicyclic) bond motifs is 3. The van der Waals surface area contributed by atoms with Crippen LogP contribution in [0.1, 0.15) is 39.0 Å². The van der Waals surface area contributed by atoms with E-state index in [1.54, 1.807) is 44.4 Å². The van der Waals surface area contributed by atoms with Crippen LogP contribution in [0.5, 0.6) is 17.2 Å². The van der Waals surface area contributed by atoms with Crippen LogP contribution in [0.2, 0.25) is 0 Å². The number of halogens is 1. The zero-order valence-electron chi connectivity index (χ0n) is 20.8. The molecular formula is C30H22BrNO6. The number of aryl methyl sites for hydroxylation is 1. The van der Waals surface area contributed by atoms with Crippen molar-refractivity contribution in [3.8, 4) is 17.2 Å². The van der Waals surface area contributed by atoms with Crippen LogP contribution in [-0.2, 0) is 6.54 Å². The quantitative estimate of drug-likeness (QED) is 0.125. The smallest absolute Gasteiger partial charge is 0.379 e. The maximum atomic E-state index is 13.2. The molecule has 0 atom stereocenters. The first-order valence-electron chi connectivity index (χ1n) is 12.0. The molecule has 0 radical (unpaired) electrons. The first kappa shape index (κ1) is 24.1. The summed E-state index contributed by atoms with van der Waals surface area (Å²) in [5.74, 6) is 0.803. The van der Waals surface area contributed by atoms with E-state index in [4.69, 9.17) is 18.6 Å². The highest BCUT2D eigenvalue weighted by atomic mass is 79.9. The highest BCUT2D eigenvalue weighted by molar-refractivity contribution is 9.10. The minimum Gasteiger partial charge on any atom is -0.497 e. The molecule has 1 aliphatic rings. The molecular weight excluding hydrogens is 550 g/mol. The van der Waals surface area contributed by atoms with Crippen molar-refractivity contribution in [2.45, 2.75) is 20.4 Å². The predicted molar refractivity (Wildman–Crippen MR) is 147 cm³/mol. The van der Waals surface area contributed by atoms with E-state index in [1.807, 2.05) is 36.5 Å². The van der Waals surface area contributed by atoms with E-state index in [9.17, 15) is 9.59 Å². The number of rotatable bonds is 5. The fourth-order valence-electron chi connectivity index (χ4n) is 4.69. The minimum absolute atomic E-state index is 0.0818. The first-order chi connectivity index (χ1) is 18.4. The van der Waals surface area contributed by atoms with Crippen molar-refractivity contribution in [3.05, 3.63) is 93.5 Å². The predicted octanol–water partition coefficient (Wildman–Crippen LogP) is 7.32. The van der Waals surface area contributed by atoms with E-state index >= 15 is 0 Å². The molecule has 0 saturated carbocycles. The van der Waals surface area contributed by atoms with Crippen LogP contribution in [0, 0.1) is 6.92 Å². The maximum absolute atomic E-state index is 13.2. The van der Waals surface area contributed by atoms with Crippen LogP contribution in [-0.4, -0.2) is 23.4 Å². The van der Waals surface area contributed by atoms with Crippen molar-refractivity contribution in [1.82, 2.24) is 4.57 Å². The number of allylic oxidation sites excluding steroid dienone is 1. The van der Waals surface area contributed by atoms with E-state index in [-0.39, 0.29) is 23.1 Å². The summed E-state index contributed by atoms with van der Waals surface area (Å²) >= 11 is 3.41. The molecule has 0 amide bonds. The van der Waals surface area contributed by atoms with E-state index in [2.05, 4.69) is 27.4 Å². The number of carbonyl (C=O) groups excluding carboxylic acids is 2. The summed E-state index contributed by atoms with van der Waals surface area (Å²) in [6.45, 7) is 4.59. The first-order valence-corrected chi connectivity index (χ1v) is 12.8. The van der Waals surface area contributed by atoms with E-state index in [0.717, 1.165) is 38.6 Å². The minimum atomic E-state index is -0.637. The molecule has 8 heteroatoms. The van der Waals surface area contributed by atoms with Gasteiger partial charge in [0.25, 0.3) is 0 Å². The molecule has 38 heavy (non-hydrogen) atoms. The Morgan fingerprint density at radius 3 is 2.74 bits per heavy atom.